The summed E-state index contributed by atoms with van der Waals surface area (Å²) in [5.74, 6) is -0.0434. The molecule has 0 aliphatic heterocycles. The van der Waals surface area contributed by atoms with Crippen LogP contribution in [0, 0.1) is 0 Å². The first-order valence-electron chi connectivity index (χ1n) is 7.10. The Hall–Kier alpha value is -3.42. The maximum Gasteiger partial charge on any atom is 0.273 e. The first-order valence-corrected chi connectivity index (χ1v) is 7.10. The van der Waals surface area contributed by atoms with Crippen molar-refractivity contribution in [2.45, 2.75) is 6.54 Å². The number of aromatic amines is 1. The molecular weight excluding hydrogens is 312 g/mol. The van der Waals surface area contributed by atoms with Crippen molar-refractivity contribution >= 4 is 22.4 Å². The maximum absolute atomic E-state index is 12.3. The van der Waals surface area contributed by atoms with Crippen LogP contribution in [0.15, 0.2) is 52.2 Å². The molecule has 8 heteroatoms. The molecule has 0 atom stereocenters. The quantitative estimate of drug-likeness (QED) is 0.735. The van der Waals surface area contributed by atoms with Gasteiger partial charge in [0, 0.05) is 6.07 Å². The Morgan fingerprint density at radius 3 is 2.62 bits per heavy atom. The molecule has 0 spiro atoms. The number of carbonyl (C=O) groups is 1. The molecule has 24 heavy (non-hydrogen) atoms. The van der Waals surface area contributed by atoms with Gasteiger partial charge in [-0.05, 0) is 18.2 Å². The zero-order valence-corrected chi connectivity index (χ0v) is 12.8. The summed E-state index contributed by atoms with van der Waals surface area (Å²) in [5.41, 5.74) is -0.408. The van der Waals surface area contributed by atoms with Crippen LogP contribution in [0.25, 0.3) is 10.8 Å². The largest absolute Gasteiger partial charge is 0.481 e. The number of anilines is 1. The highest BCUT2D eigenvalue weighted by molar-refractivity contribution is 5.90. The lowest BCUT2D eigenvalue weighted by Crippen LogP contribution is -2.34. The normalized spacial score (nSPS) is 10.5. The summed E-state index contributed by atoms with van der Waals surface area (Å²) in [5, 5.41) is 5.56. The average molecular weight is 326 g/mol. The molecule has 0 saturated heterocycles. The number of aromatic nitrogens is 3. The number of benzene rings is 1. The lowest BCUT2D eigenvalue weighted by Gasteiger charge is -2.08. The summed E-state index contributed by atoms with van der Waals surface area (Å²) in [7, 11) is 1.49. The van der Waals surface area contributed by atoms with Crippen LogP contribution in [0.4, 0.5) is 5.69 Å². The Morgan fingerprint density at radius 2 is 1.96 bits per heavy atom. The molecule has 0 bridgehead atoms. The summed E-state index contributed by atoms with van der Waals surface area (Å²) in [6.45, 7) is -0.315. The van der Waals surface area contributed by atoms with E-state index in [1.54, 1.807) is 36.4 Å². The number of hydrogen-bond donors (Lipinski definition) is 2. The van der Waals surface area contributed by atoms with Crippen molar-refractivity contribution in [3.63, 3.8) is 0 Å². The summed E-state index contributed by atoms with van der Waals surface area (Å²) in [4.78, 5) is 40.4. The minimum Gasteiger partial charge on any atom is -0.481 e. The number of nitrogens with one attached hydrogen (secondary N) is 2. The third kappa shape index (κ3) is 3.02. The maximum atomic E-state index is 12.3. The number of methoxy groups -OCH3 is 1. The molecule has 3 aromatic rings. The highest BCUT2D eigenvalue weighted by Crippen LogP contribution is 2.10. The van der Waals surface area contributed by atoms with Crippen LogP contribution in [-0.4, -0.2) is 27.8 Å². The summed E-state index contributed by atoms with van der Waals surface area (Å²) >= 11 is 0. The van der Waals surface area contributed by atoms with Crippen molar-refractivity contribution in [2.75, 3.05) is 12.4 Å². The van der Waals surface area contributed by atoms with E-state index in [2.05, 4.69) is 15.4 Å². The first kappa shape index (κ1) is 15.5. The molecule has 2 aromatic heterocycles. The van der Waals surface area contributed by atoms with Gasteiger partial charge in [-0.3, -0.25) is 19.5 Å². The summed E-state index contributed by atoms with van der Waals surface area (Å²) < 4.78 is 5.91. The van der Waals surface area contributed by atoms with Gasteiger partial charge in [-0.1, -0.05) is 12.1 Å². The van der Waals surface area contributed by atoms with Gasteiger partial charge in [0.05, 0.1) is 29.8 Å². The van der Waals surface area contributed by atoms with Crippen molar-refractivity contribution in [2.24, 2.45) is 0 Å². The van der Waals surface area contributed by atoms with E-state index in [1.165, 1.54) is 13.3 Å². The van der Waals surface area contributed by atoms with E-state index in [9.17, 15) is 14.4 Å². The van der Waals surface area contributed by atoms with Gasteiger partial charge in [0.2, 0.25) is 11.8 Å². The zero-order valence-electron chi connectivity index (χ0n) is 12.8. The first-order chi connectivity index (χ1) is 11.6. The smallest absolute Gasteiger partial charge is 0.273 e. The predicted octanol–water partition coefficient (Wildman–Crippen LogP) is 0.732. The molecule has 2 N–H and O–H groups in total. The molecule has 1 amide bonds. The van der Waals surface area contributed by atoms with E-state index in [4.69, 9.17) is 4.74 Å². The van der Waals surface area contributed by atoms with Gasteiger partial charge < -0.3 is 10.1 Å². The van der Waals surface area contributed by atoms with E-state index in [0.717, 1.165) is 4.68 Å². The fraction of sp³-hybridized carbons (Fsp3) is 0.125. The number of carbonyl (C=O) groups excluding carboxylic acids is 1. The highest BCUT2D eigenvalue weighted by Gasteiger charge is 2.10. The Balaban J connectivity index is 1.84. The molecule has 0 saturated carbocycles. The number of pyridine rings is 1. The van der Waals surface area contributed by atoms with Gasteiger partial charge in [-0.25, -0.2) is 9.67 Å². The highest BCUT2D eigenvalue weighted by atomic mass is 16.5. The predicted molar refractivity (Wildman–Crippen MR) is 88.2 cm³/mol. The van der Waals surface area contributed by atoms with Gasteiger partial charge in [0.25, 0.3) is 11.1 Å². The summed E-state index contributed by atoms with van der Waals surface area (Å²) in [6, 6.07) is 9.66. The Morgan fingerprint density at radius 1 is 1.21 bits per heavy atom. The monoisotopic (exact) mass is 326 g/mol. The summed E-state index contributed by atoms with van der Waals surface area (Å²) in [6.07, 6.45) is 1.43. The standard InChI is InChI=1S/C16H14N4O4/c1-24-14-7-6-10(8-17-14)18-13(21)9-20-16(23)12-5-3-2-4-11(12)15(22)19-20/h2-8H,9H2,1H3,(H,18,21)(H,19,22). The number of nitrogens with zero attached hydrogens (tertiary/aromatic N) is 2. The second kappa shape index (κ2) is 6.37. The molecule has 8 nitrogen and oxygen atoms in total. The van der Waals surface area contributed by atoms with Crippen molar-refractivity contribution < 1.29 is 9.53 Å². The molecule has 0 unspecified atom stereocenters. The van der Waals surface area contributed by atoms with Crippen LogP contribution >= 0.6 is 0 Å². The molecule has 0 aliphatic carbocycles. The van der Waals surface area contributed by atoms with Gasteiger partial charge in [-0.15, -0.1) is 0 Å². The third-order valence-corrected chi connectivity index (χ3v) is 3.41. The van der Waals surface area contributed by atoms with Crippen LogP contribution in [-0.2, 0) is 11.3 Å². The Labute approximate surface area is 135 Å². The molecule has 3 rings (SSSR count). The van der Waals surface area contributed by atoms with Gasteiger partial charge in [0.15, 0.2) is 0 Å². The number of H-pyrrole nitrogens is 1. The van der Waals surface area contributed by atoms with Crippen LogP contribution in [0.2, 0.25) is 0 Å². The number of ether oxygens (including phenoxy) is 1. The number of rotatable bonds is 4. The van der Waals surface area contributed by atoms with Crippen LogP contribution < -0.4 is 21.2 Å². The lowest BCUT2D eigenvalue weighted by atomic mass is 10.2. The second-order valence-corrected chi connectivity index (χ2v) is 5.02. The topological polar surface area (TPSA) is 106 Å². The molecule has 0 fully saturated rings. The van der Waals surface area contributed by atoms with Crippen LogP contribution in [0.5, 0.6) is 5.88 Å². The van der Waals surface area contributed by atoms with Gasteiger partial charge >= 0.3 is 0 Å². The SMILES string of the molecule is COc1ccc(NC(=O)Cn2[nH]c(=O)c3ccccc3c2=O)cn1. The number of fused-ring (bicyclic) bond motifs is 1. The van der Waals surface area contributed by atoms with E-state index in [-0.39, 0.29) is 11.9 Å². The Kier molecular flexibility index (Phi) is 4.11. The molecule has 2 heterocycles. The van der Waals surface area contributed by atoms with Crippen LogP contribution in [0.1, 0.15) is 0 Å². The van der Waals surface area contributed by atoms with E-state index < -0.39 is 17.0 Å². The molecular formula is C16H14N4O4. The van der Waals surface area contributed by atoms with Crippen molar-refractivity contribution in [3.8, 4) is 5.88 Å². The van der Waals surface area contributed by atoms with E-state index in [0.29, 0.717) is 17.0 Å². The van der Waals surface area contributed by atoms with Crippen LogP contribution in [0.3, 0.4) is 0 Å². The van der Waals surface area contributed by atoms with Gasteiger partial charge in [0.1, 0.15) is 6.54 Å². The van der Waals surface area contributed by atoms with Crippen molar-refractivity contribution in [1.82, 2.24) is 14.8 Å². The average Bonchev–Trinajstić information content (AvgIpc) is 2.60. The molecule has 1 aromatic carbocycles. The molecule has 0 radical (unpaired) electrons. The van der Waals surface area contributed by atoms with Crippen molar-refractivity contribution in [1.29, 1.82) is 0 Å². The lowest BCUT2D eigenvalue weighted by molar-refractivity contribution is -0.117. The van der Waals surface area contributed by atoms with E-state index in [1.807, 2.05) is 0 Å². The Bertz CT molecular complexity index is 1010. The number of amides is 1. The minimum absolute atomic E-state index is 0.264. The zero-order chi connectivity index (χ0) is 17.1. The fourth-order valence-corrected chi connectivity index (χ4v) is 2.28. The third-order valence-electron chi connectivity index (χ3n) is 3.41. The number of hydrogen-bond acceptors (Lipinski definition) is 5. The molecule has 122 valence electrons. The minimum atomic E-state index is -0.463. The van der Waals surface area contributed by atoms with Crippen molar-refractivity contribution in [3.05, 3.63) is 63.3 Å². The second-order valence-electron chi connectivity index (χ2n) is 5.02. The molecule has 0 aliphatic rings. The van der Waals surface area contributed by atoms with Gasteiger partial charge in [-0.2, -0.15) is 0 Å². The van der Waals surface area contributed by atoms with E-state index >= 15 is 0 Å². The fourth-order valence-electron chi connectivity index (χ4n) is 2.28.